The molecule has 0 aliphatic carbocycles. The quantitative estimate of drug-likeness (QED) is 0.901. The van der Waals surface area contributed by atoms with Crippen LogP contribution in [0.4, 0.5) is 14.5 Å². The van der Waals surface area contributed by atoms with Gasteiger partial charge in [-0.1, -0.05) is 24.3 Å². The highest BCUT2D eigenvalue weighted by Crippen LogP contribution is 2.18. The predicted molar refractivity (Wildman–Crippen MR) is 73.5 cm³/mol. The lowest BCUT2D eigenvalue weighted by Gasteiger charge is -2.11. The number of rotatable bonds is 4. The maximum Gasteiger partial charge on any atom is 0.258 e. The van der Waals surface area contributed by atoms with Crippen molar-refractivity contribution in [2.45, 2.75) is 6.54 Å². The normalized spacial score (nSPS) is 10.3. The van der Waals surface area contributed by atoms with Gasteiger partial charge in [0.2, 0.25) is 0 Å². The summed E-state index contributed by atoms with van der Waals surface area (Å²) in [5, 5.41) is 5.57. The molecule has 0 spiro atoms. The Balaban J connectivity index is 2.26. The summed E-state index contributed by atoms with van der Waals surface area (Å²) in [5.41, 5.74) is 1.11. The van der Waals surface area contributed by atoms with Gasteiger partial charge in [0.1, 0.15) is 0 Å². The number of benzene rings is 2. The molecule has 0 aromatic heterocycles. The Kier molecular flexibility index (Phi) is 4.42. The van der Waals surface area contributed by atoms with E-state index in [9.17, 15) is 13.6 Å². The lowest BCUT2D eigenvalue weighted by atomic mass is 10.1. The van der Waals surface area contributed by atoms with Crippen LogP contribution in [0.2, 0.25) is 0 Å². The molecule has 0 atom stereocenters. The lowest BCUT2D eigenvalue weighted by Crippen LogP contribution is -2.17. The van der Waals surface area contributed by atoms with Crippen LogP contribution in [0.5, 0.6) is 0 Å². The summed E-state index contributed by atoms with van der Waals surface area (Å²) >= 11 is 0. The molecular weight excluding hydrogens is 262 g/mol. The number of carbonyl (C=O) groups excluding carboxylic acids is 1. The Morgan fingerprint density at radius 3 is 2.60 bits per heavy atom. The molecule has 0 saturated carbocycles. The Bertz CT molecular complexity index is 629. The second kappa shape index (κ2) is 6.25. The second-order valence-corrected chi connectivity index (χ2v) is 4.24. The van der Waals surface area contributed by atoms with E-state index in [0.29, 0.717) is 12.2 Å². The predicted octanol–water partition coefficient (Wildman–Crippen LogP) is 2.94. The van der Waals surface area contributed by atoms with Crippen LogP contribution < -0.4 is 10.6 Å². The molecule has 0 heterocycles. The van der Waals surface area contributed by atoms with Crippen molar-refractivity contribution in [2.24, 2.45) is 0 Å². The number of halogens is 2. The third kappa shape index (κ3) is 3.00. The van der Waals surface area contributed by atoms with E-state index in [0.717, 1.165) is 11.6 Å². The van der Waals surface area contributed by atoms with Crippen molar-refractivity contribution in [3.8, 4) is 0 Å². The summed E-state index contributed by atoms with van der Waals surface area (Å²) in [6.07, 6.45) is 0. The number of amides is 1. The van der Waals surface area contributed by atoms with Gasteiger partial charge in [-0.05, 0) is 30.8 Å². The van der Waals surface area contributed by atoms with Crippen LogP contribution in [0.15, 0.2) is 42.5 Å². The molecule has 0 saturated heterocycles. The van der Waals surface area contributed by atoms with E-state index in [-0.39, 0.29) is 5.56 Å². The summed E-state index contributed by atoms with van der Waals surface area (Å²) in [6, 6.07) is 10.7. The lowest BCUT2D eigenvalue weighted by molar-refractivity contribution is 0.102. The van der Waals surface area contributed by atoms with Crippen LogP contribution in [0.3, 0.4) is 0 Å². The Labute approximate surface area is 115 Å². The minimum Gasteiger partial charge on any atom is -0.322 e. The molecule has 0 bridgehead atoms. The SMILES string of the molecule is CNCc1ccccc1NC(=O)c1cccc(F)c1F. The third-order valence-corrected chi connectivity index (χ3v) is 2.83. The largest absolute Gasteiger partial charge is 0.322 e. The third-order valence-electron chi connectivity index (χ3n) is 2.83. The summed E-state index contributed by atoms with van der Waals surface area (Å²) in [4.78, 5) is 12.0. The minimum atomic E-state index is -1.14. The van der Waals surface area contributed by atoms with E-state index in [1.54, 1.807) is 19.2 Å². The standard InChI is InChI=1S/C15H14F2N2O/c1-18-9-10-5-2-3-8-13(10)19-15(20)11-6-4-7-12(16)14(11)17/h2-8,18H,9H2,1H3,(H,19,20). The molecular formula is C15H14F2N2O. The van der Waals surface area contributed by atoms with E-state index in [2.05, 4.69) is 10.6 Å². The Hall–Kier alpha value is -2.27. The zero-order valence-electron chi connectivity index (χ0n) is 10.9. The van der Waals surface area contributed by atoms with Gasteiger partial charge in [0.15, 0.2) is 11.6 Å². The summed E-state index contributed by atoms with van der Waals surface area (Å²) in [6.45, 7) is 0.558. The fourth-order valence-electron chi connectivity index (χ4n) is 1.86. The van der Waals surface area contributed by atoms with Crippen molar-refractivity contribution in [2.75, 3.05) is 12.4 Å². The van der Waals surface area contributed by atoms with E-state index in [1.165, 1.54) is 12.1 Å². The smallest absolute Gasteiger partial charge is 0.258 e. The molecule has 0 aliphatic rings. The van der Waals surface area contributed by atoms with E-state index in [1.807, 2.05) is 12.1 Å². The molecule has 0 fully saturated rings. The van der Waals surface area contributed by atoms with Crippen LogP contribution in [0.25, 0.3) is 0 Å². The van der Waals surface area contributed by atoms with Crippen molar-refractivity contribution < 1.29 is 13.6 Å². The second-order valence-electron chi connectivity index (χ2n) is 4.24. The van der Waals surface area contributed by atoms with Gasteiger partial charge in [-0.2, -0.15) is 0 Å². The molecule has 2 aromatic rings. The summed E-state index contributed by atoms with van der Waals surface area (Å²) < 4.78 is 26.7. The van der Waals surface area contributed by atoms with Gasteiger partial charge < -0.3 is 10.6 Å². The number of para-hydroxylation sites is 1. The zero-order chi connectivity index (χ0) is 14.5. The van der Waals surface area contributed by atoms with Crippen molar-refractivity contribution >= 4 is 11.6 Å². The van der Waals surface area contributed by atoms with Gasteiger partial charge in [-0.25, -0.2) is 8.78 Å². The first-order valence-electron chi connectivity index (χ1n) is 6.11. The first kappa shape index (κ1) is 14.1. The first-order valence-corrected chi connectivity index (χ1v) is 6.11. The van der Waals surface area contributed by atoms with Crippen LogP contribution in [0.1, 0.15) is 15.9 Å². The molecule has 0 radical (unpaired) electrons. The molecule has 3 nitrogen and oxygen atoms in total. The van der Waals surface area contributed by atoms with Crippen LogP contribution in [-0.4, -0.2) is 13.0 Å². The fraction of sp³-hybridized carbons (Fsp3) is 0.133. The first-order chi connectivity index (χ1) is 9.63. The van der Waals surface area contributed by atoms with Gasteiger partial charge in [0, 0.05) is 12.2 Å². The van der Waals surface area contributed by atoms with E-state index >= 15 is 0 Å². The Morgan fingerprint density at radius 1 is 1.10 bits per heavy atom. The highest BCUT2D eigenvalue weighted by atomic mass is 19.2. The summed E-state index contributed by atoms with van der Waals surface area (Å²) in [5.74, 6) is -2.86. The summed E-state index contributed by atoms with van der Waals surface area (Å²) in [7, 11) is 1.78. The maximum absolute atomic E-state index is 13.6. The fourth-order valence-corrected chi connectivity index (χ4v) is 1.86. The average Bonchev–Trinajstić information content (AvgIpc) is 2.44. The Morgan fingerprint density at radius 2 is 1.85 bits per heavy atom. The molecule has 2 rings (SSSR count). The molecule has 1 amide bonds. The van der Waals surface area contributed by atoms with Crippen molar-refractivity contribution in [1.29, 1.82) is 0 Å². The molecule has 20 heavy (non-hydrogen) atoms. The van der Waals surface area contributed by atoms with Crippen molar-refractivity contribution in [1.82, 2.24) is 5.32 Å². The van der Waals surface area contributed by atoms with Gasteiger partial charge in [-0.15, -0.1) is 0 Å². The van der Waals surface area contributed by atoms with E-state index in [4.69, 9.17) is 0 Å². The highest BCUT2D eigenvalue weighted by Gasteiger charge is 2.15. The van der Waals surface area contributed by atoms with Crippen molar-refractivity contribution in [3.05, 3.63) is 65.2 Å². The highest BCUT2D eigenvalue weighted by molar-refractivity contribution is 6.04. The topological polar surface area (TPSA) is 41.1 Å². The van der Waals surface area contributed by atoms with Crippen LogP contribution in [-0.2, 0) is 6.54 Å². The van der Waals surface area contributed by atoms with Crippen molar-refractivity contribution in [3.63, 3.8) is 0 Å². The number of hydrogen-bond acceptors (Lipinski definition) is 2. The number of carbonyl (C=O) groups is 1. The minimum absolute atomic E-state index is 0.315. The number of anilines is 1. The van der Waals surface area contributed by atoms with Gasteiger partial charge >= 0.3 is 0 Å². The molecule has 2 aromatic carbocycles. The van der Waals surface area contributed by atoms with Gasteiger partial charge in [0.05, 0.1) is 5.56 Å². The zero-order valence-corrected chi connectivity index (χ0v) is 10.9. The van der Waals surface area contributed by atoms with Gasteiger partial charge in [0.25, 0.3) is 5.91 Å². The number of nitrogens with one attached hydrogen (secondary N) is 2. The average molecular weight is 276 g/mol. The molecule has 0 aliphatic heterocycles. The monoisotopic (exact) mass is 276 g/mol. The molecule has 0 unspecified atom stereocenters. The molecule has 2 N–H and O–H groups in total. The van der Waals surface area contributed by atoms with Gasteiger partial charge in [-0.3, -0.25) is 4.79 Å². The van der Waals surface area contributed by atoms with E-state index < -0.39 is 17.5 Å². The number of hydrogen-bond donors (Lipinski definition) is 2. The van der Waals surface area contributed by atoms with Crippen LogP contribution >= 0.6 is 0 Å². The molecule has 5 heteroatoms. The molecule has 104 valence electrons. The maximum atomic E-state index is 13.6. The van der Waals surface area contributed by atoms with Crippen LogP contribution in [0, 0.1) is 11.6 Å².